The average Bonchev–Trinajstić information content (AvgIpc) is 3.02. The third-order valence-corrected chi connectivity index (χ3v) is 5.61. The van der Waals surface area contributed by atoms with Gasteiger partial charge < -0.3 is 19.3 Å². The summed E-state index contributed by atoms with van der Waals surface area (Å²) in [6.45, 7) is 12.4. The van der Waals surface area contributed by atoms with E-state index in [4.69, 9.17) is 9.47 Å². The number of hydrogen-bond acceptors (Lipinski definition) is 6. The fraction of sp³-hybridized carbons (Fsp3) is 0.565. The number of carbonyl (C=O) groups is 2. The Morgan fingerprint density at radius 2 is 1.60 bits per heavy atom. The second-order valence-corrected chi connectivity index (χ2v) is 7.41. The maximum absolute atomic E-state index is 13.3. The van der Waals surface area contributed by atoms with E-state index in [1.807, 2.05) is 38.1 Å². The van der Waals surface area contributed by atoms with E-state index >= 15 is 0 Å². The van der Waals surface area contributed by atoms with E-state index in [0.29, 0.717) is 44.1 Å². The number of piperazine rings is 1. The van der Waals surface area contributed by atoms with Crippen LogP contribution >= 0.6 is 0 Å². The monoisotopic (exact) mass is 415 g/mol. The van der Waals surface area contributed by atoms with Crippen LogP contribution in [0.1, 0.15) is 32.8 Å². The summed E-state index contributed by atoms with van der Waals surface area (Å²) in [5.74, 6) is 0.351. The van der Waals surface area contributed by atoms with Crippen molar-refractivity contribution in [2.75, 3.05) is 59.1 Å². The zero-order valence-corrected chi connectivity index (χ0v) is 18.4. The van der Waals surface area contributed by atoms with E-state index in [1.165, 1.54) is 4.90 Å². The van der Waals surface area contributed by atoms with Crippen molar-refractivity contribution in [1.82, 2.24) is 14.7 Å². The summed E-state index contributed by atoms with van der Waals surface area (Å²) in [6.07, 6.45) is 0.638. The molecule has 0 aromatic heterocycles. The highest BCUT2D eigenvalue weighted by Gasteiger charge is 2.41. The number of nitrogens with zero attached hydrogens (tertiary/aromatic N) is 3. The molecule has 1 fully saturated rings. The molecule has 1 aromatic rings. The molecule has 7 heteroatoms. The summed E-state index contributed by atoms with van der Waals surface area (Å²) in [7, 11) is 0. The Balaban J connectivity index is 1.88. The third kappa shape index (κ3) is 4.84. The quantitative estimate of drug-likeness (QED) is 0.431. The molecule has 2 aliphatic heterocycles. The number of amides is 2. The maximum Gasteiger partial charge on any atom is 0.277 e. The lowest BCUT2D eigenvalue weighted by atomic mass is 10.0. The van der Waals surface area contributed by atoms with Crippen LogP contribution in [0.4, 0.5) is 0 Å². The maximum atomic E-state index is 13.3. The van der Waals surface area contributed by atoms with Crippen LogP contribution in [-0.4, -0.2) is 85.6 Å². The van der Waals surface area contributed by atoms with E-state index in [9.17, 15) is 9.59 Å². The summed E-state index contributed by atoms with van der Waals surface area (Å²) < 4.78 is 10.9. The molecular formula is C23H33N3O4. The standard InChI is InChI=1S/C23H33N3O4/c1-4-24-13-15-25(16-14-24)21-20(18-8-10-19(11-9-18)30-6-3)22(27)26(23(21)28)12-7-17-29-5-2/h8-11H,4-7,12-17H2,1-3H3. The van der Waals surface area contributed by atoms with Crippen molar-refractivity contribution in [3.63, 3.8) is 0 Å². The van der Waals surface area contributed by atoms with Crippen LogP contribution in [0.2, 0.25) is 0 Å². The van der Waals surface area contributed by atoms with Gasteiger partial charge in [-0.1, -0.05) is 19.1 Å². The summed E-state index contributed by atoms with van der Waals surface area (Å²) in [4.78, 5) is 32.4. The van der Waals surface area contributed by atoms with Crippen LogP contribution < -0.4 is 4.74 Å². The number of ether oxygens (including phenoxy) is 2. The molecule has 0 saturated carbocycles. The van der Waals surface area contributed by atoms with Gasteiger partial charge in [0, 0.05) is 45.9 Å². The van der Waals surface area contributed by atoms with Crippen LogP contribution in [0.3, 0.4) is 0 Å². The Hall–Kier alpha value is -2.38. The molecule has 7 nitrogen and oxygen atoms in total. The molecule has 0 aliphatic carbocycles. The Morgan fingerprint density at radius 1 is 0.900 bits per heavy atom. The van der Waals surface area contributed by atoms with Gasteiger partial charge in [0.1, 0.15) is 11.4 Å². The number of benzene rings is 1. The number of likely N-dealkylation sites (N-methyl/N-ethyl adjacent to an activating group) is 1. The highest BCUT2D eigenvalue weighted by Crippen LogP contribution is 2.33. The minimum atomic E-state index is -0.214. The lowest BCUT2D eigenvalue weighted by Crippen LogP contribution is -2.47. The van der Waals surface area contributed by atoms with Gasteiger partial charge in [0.2, 0.25) is 0 Å². The van der Waals surface area contributed by atoms with Crippen LogP contribution in [0.5, 0.6) is 5.75 Å². The van der Waals surface area contributed by atoms with Crippen molar-refractivity contribution < 1.29 is 19.1 Å². The first-order chi connectivity index (χ1) is 14.6. The number of imide groups is 1. The predicted octanol–water partition coefficient (Wildman–Crippen LogP) is 2.23. The lowest BCUT2D eigenvalue weighted by molar-refractivity contribution is -0.137. The van der Waals surface area contributed by atoms with Crippen molar-refractivity contribution in [2.24, 2.45) is 0 Å². The van der Waals surface area contributed by atoms with E-state index in [0.717, 1.165) is 44.0 Å². The molecule has 2 aliphatic rings. The largest absolute Gasteiger partial charge is 0.494 e. The molecule has 164 valence electrons. The van der Waals surface area contributed by atoms with Gasteiger partial charge in [-0.05, 0) is 44.5 Å². The first kappa shape index (κ1) is 22.3. The molecule has 1 saturated heterocycles. The molecule has 3 rings (SSSR count). The smallest absolute Gasteiger partial charge is 0.277 e. The molecule has 2 heterocycles. The summed E-state index contributed by atoms with van der Waals surface area (Å²) >= 11 is 0. The molecule has 30 heavy (non-hydrogen) atoms. The van der Waals surface area contributed by atoms with E-state index in [1.54, 1.807) is 0 Å². The van der Waals surface area contributed by atoms with E-state index in [-0.39, 0.29) is 11.8 Å². The van der Waals surface area contributed by atoms with Crippen molar-refractivity contribution >= 4 is 17.4 Å². The van der Waals surface area contributed by atoms with Gasteiger partial charge in [-0.15, -0.1) is 0 Å². The molecule has 0 radical (unpaired) electrons. The van der Waals surface area contributed by atoms with Crippen LogP contribution in [-0.2, 0) is 14.3 Å². The van der Waals surface area contributed by atoms with Gasteiger partial charge in [0.05, 0.1) is 12.2 Å². The van der Waals surface area contributed by atoms with Gasteiger partial charge in [0.15, 0.2) is 0 Å². The molecular weight excluding hydrogens is 382 g/mol. The van der Waals surface area contributed by atoms with E-state index < -0.39 is 0 Å². The van der Waals surface area contributed by atoms with Crippen LogP contribution in [0.15, 0.2) is 30.0 Å². The lowest BCUT2D eigenvalue weighted by Gasteiger charge is -2.36. The summed E-state index contributed by atoms with van der Waals surface area (Å²) in [5, 5.41) is 0. The molecule has 0 unspecified atom stereocenters. The summed E-state index contributed by atoms with van der Waals surface area (Å²) in [6, 6.07) is 7.46. The normalized spacial score (nSPS) is 18.0. The molecule has 2 amide bonds. The summed E-state index contributed by atoms with van der Waals surface area (Å²) in [5.41, 5.74) is 1.80. The van der Waals surface area contributed by atoms with Gasteiger partial charge in [-0.2, -0.15) is 0 Å². The zero-order chi connectivity index (χ0) is 21.5. The zero-order valence-electron chi connectivity index (χ0n) is 18.4. The minimum absolute atomic E-state index is 0.190. The van der Waals surface area contributed by atoms with Crippen LogP contribution in [0, 0.1) is 0 Å². The molecule has 0 spiro atoms. The SMILES string of the molecule is CCOCCCN1C(=O)C(c2ccc(OCC)cc2)=C(N2CCN(CC)CC2)C1=O. The number of carbonyl (C=O) groups excluding carboxylic acids is 2. The number of rotatable bonds is 10. The van der Waals surface area contributed by atoms with Gasteiger partial charge >= 0.3 is 0 Å². The fourth-order valence-electron chi connectivity index (χ4n) is 3.96. The Labute approximate surface area is 179 Å². The fourth-order valence-corrected chi connectivity index (χ4v) is 3.96. The van der Waals surface area contributed by atoms with Gasteiger partial charge in [-0.25, -0.2) is 0 Å². The molecule has 1 aromatic carbocycles. The van der Waals surface area contributed by atoms with E-state index in [2.05, 4.69) is 16.7 Å². The first-order valence-electron chi connectivity index (χ1n) is 11.0. The second-order valence-electron chi connectivity index (χ2n) is 7.41. The van der Waals surface area contributed by atoms with Crippen molar-refractivity contribution in [3.05, 3.63) is 35.5 Å². The molecule has 0 bridgehead atoms. The topological polar surface area (TPSA) is 62.3 Å². The van der Waals surface area contributed by atoms with Gasteiger partial charge in [-0.3, -0.25) is 14.5 Å². The first-order valence-corrected chi connectivity index (χ1v) is 11.0. The Bertz CT molecular complexity index is 767. The Morgan fingerprint density at radius 3 is 2.20 bits per heavy atom. The predicted molar refractivity (Wildman–Crippen MR) is 116 cm³/mol. The van der Waals surface area contributed by atoms with Gasteiger partial charge in [0.25, 0.3) is 11.8 Å². The van der Waals surface area contributed by atoms with Crippen molar-refractivity contribution in [2.45, 2.75) is 27.2 Å². The minimum Gasteiger partial charge on any atom is -0.494 e. The number of hydrogen-bond donors (Lipinski definition) is 0. The third-order valence-electron chi connectivity index (χ3n) is 5.61. The van der Waals surface area contributed by atoms with Crippen molar-refractivity contribution in [1.29, 1.82) is 0 Å². The Kier molecular flexibility index (Phi) is 7.87. The van der Waals surface area contributed by atoms with Crippen molar-refractivity contribution in [3.8, 4) is 5.75 Å². The molecule has 0 atom stereocenters. The van der Waals surface area contributed by atoms with Crippen LogP contribution in [0.25, 0.3) is 5.57 Å². The second kappa shape index (κ2) is 10.6. The molecule has 0 N–H and O–H groups in total. The average molecular weight is 416 g/mol. The highest BCUT2D eigenvalue weighted by atomic mass is 16.5. The highest BCUT2D eigenvalue weighted by molar-refractivity contribution is 6.35.